The zero-order chi connectivity index (χ0) is 11.7. The Kier molecular flexibility index (Phi) is 8.06. The van der Waals surface area contributed by atoms with Gasteiger partial charge in [0.1, 0.15) is 6.10 Å². The van der Waals surface area contributed by atoms with E-state index in [0.29, 0.717) is 0 Å². The minimum Gasteiger partial charge on any atom is -0.458 e. The summed E-state index contributed by atoms with van der Waals surface area (Å²) in [6, 6.07) is 0. The molecule has 0 saturated carbocycles. The van der Waals surface area contributed by atoms with Crippen LogP contribution in [0.4, 0.5) is 0 Å². The lowest BCUT2D eigenvalue weighted by Gasteiger charge is -2.17. The molecule has 0 aliphatic carbocycles. The van der Waals surface area contributed by atoms with Gasteiger partial charge < -0.3 is 4.74 Å². The summed E-state index contributed by atoms with van der Waals surface area (Å²) in [6.07, 6.45) is 7.62. The van der Waals surface area contributed by atoms with E-state index in [1.807, 2.05) is 6.92 Å². The van der Waals surface area contributed by atoms with Crippen molar-refractivity contribution in [2.45, 2.75) is 65.9 Å². The van der Waals surface area contributed by atoms with Crippen molar-refractivity contribution in [1.82, 2.24) is 0 Å². The molecule has 0 rings (SSSR count). The molecule has 0 aromatic carbocycles. The van der Waals surface area contributed by atoms with Crippen molar-refractivity contribution in [1.29, 1.82) is 0 Å². The highest BCUT2D eigenvalue weighted by atomic mass is 16.5. The molecule has 0 bridgehead atoms. The van der Waals surface area contributed by atoms with Crippen molar-refractivity contribution in [3.05, 3.63) is 11.6 Å². The zero-order valence-electron chi connectivity index (χ0n) is 10.5. The first-order chi connectivity index (χ1) is 7.11. The number of rotatable bonds is 7. The number of carbonyl (C=O) groups is 1. The Morgan fingerprint density at radius 2 is 1.93 bits per heavy atom. The predicted octanol–water partition coefficient (Wildman–Crippen LogP) is 3.85. The molecule has 0 radical (unpaired) electrons. The summed E-state index contributed by atoms with van der Waals surface area (Å²) in [6.45, 7) is 7.80. The lowest BCUT2D eigenvalue weighted by atomic mass is 10.0. The molecule has 0 spiro atoms. The van der Waals surface area contributed by atoms with Gasteiger partial charge in [0.2, 0.25) is 0 Å². The maximum absolute atomic E-state index is 10.9. The van der Waals surface area contributed by atoms with Gasteiger partial charge in [-0.25, -0.2) is 0 Å². The highest BCUT2D eigenvalue weighted by Gasteiger charge is 2.12. The fraction of sp³-hybridized carbons (Fsp3) is 0.769. The molecule has 0 unspecified atom stereocenters. The fourth-order valence-corrected chi connectivity index (χ4v) is 1.61. The Labute approximate surface area is 93.7 Å². The topological polar surface area (TPSA) is 26.3 Å². The number of esters is 1. The molecule has 0 aliphatic heterocycles. The van der Waals surface area contributed by atoms with Gasteiger partial charge in [0, 0.05) is 6.92 Å². The van der Waals surface area contributed by atoms with Crippen molar-refractivity contribution in [3.8, 4) is 0 Å². The van der Waals surface area contributed by atoms with E-state index in [1.165, 1.54) is 25.3 Å². The van der Waals surface area contributed by atoms with Crippen LogP contribution in [0.5, 0.6) is 0 Å². The van der Waals surface area contributed by atoms with E-state index in [2.05, 4.69) is 19.9 Å². The first-order valence-corrected chi connectivity index (χ1v) is 5.95. The maximum Gasteiger partial charge on any atom is 0.303 e. The molecule has 0 heterocycles. The smallest absolute Gasteiger partial charge is 0.303 e. The molecular formula is C13H24O2. The Bertz CT molecular complexity index is 207. The number of hydrogen-bond donors (Lipinski definition) is 0. The largest absolute Gasteiger partial charge is 0.458 e. The van der Waals surface area contributed by atoms with Crippen LogP contribution in [0.15, 0.2) is 11.6 Å². The van der Waals surface area contributed by atoms with Gasteiger partial charge in [-0.3, -0.25) is 4.79 Å². The number of carbonyl (C=O) groups excluding carboxylic acids is 1. The van der Waals surface area contributed by atoms with Gasteiger partial charge in [-0.1, -0.05) is 32.8 Å². The lowest BCUT2D eigenvalue weighted by molar-refractivity contribution is -0.144. The average molecular weight is 212 g/mol. The van der Waals surface area contributed by atoms with Gasteiger partial charge in [-0.2, -0.15) is 0 Å². The van der Waals surface area contributed by atoms with Gasteiger partial charge in [-0.15, -0.1) is 0 Å². The van der Waals surface area contributed by atoms with Crippen LogP contribution in [-0.4, -0.2) is 12.1 Å². The standard InChI is InChI=1S/C13H24O2/c1-5-7-8-10-13(15-12(4)14)11(3)9-6-2/h9,13H,5-8,10H2,1-4H3/b11-9+/t13-/m1/s1. The summed E-state index contributed by atoms with van der Waals surface area (Å²) in [5.41, 5.74) is 1.18. The van der Waals surface area contributed by atoms with Crippen molar-refractivity contribution in [3.63, 3.8) is 0 Å². The third-order valence-electron chi connectivity index (χ3n) is 2.41. The van der Waals surface area contributed by atoms with Crippen LogP contribution in [0.25, 0.3) is 0 Å². The van der Waals surface area contributed by atoms with Gasteiger partial charge in [0.15, 0.2) is 0 Å². The van der Waals surface area contributed by atoms with Crippen LogP contribution in [0.3, 0.4) is 0 Å². The lowest BCUT2D eigenvalue weighted by Crippen LogP contribution is -2.17. The zero-order valence-corrected chi connectivity index (χ0v) is 10.5. The molecule has 0 aromatic rings. The minimum atomic E-state index is -0.180. The Balaban J connectivity index is 4.17. The Morgan fingerprint density at radius 3 is 2.40 bits per heavy atom. The van der Waals surface area contributed by atoms with E-state index < -0.39 is 0 Å². The van der Waals surface area contributed by atoms with Crippen molar-refractivity contribution in [2.75, 3.05) is 0 Å². The Morgan fingerprint density at radius 1 is 1.27 bits per heavy atom. The third kappa shape index (κ3) is 7.18. The average Bonchev–Trinajstić information content (AvgIpc) is 2.16. The molecule has 2 heteroatoms. The molecule has 0 N–H and O–H groups in total. The maximum atomic E-state index is 10.9. The van der Waals surface area contributed by atoms with E-state index in [-0.39, 0.29) is 12.1 Å². The van der Waals surface area contributed by atoms with Gasteiger partial charge in [-0.05, 0) is 31.8 Å². The monoisotopic (exact) mass is 212 g/mol. The van der Waals surface area contributed by atoms with Crippen molar-refractivity contribution >= 4 is 5.97 Å². The second-order valence-electron chi connectivity index (χ2n) is 3.95. The van der Waals surface area contributed by atoms with E-state index in [1.54, 1.807) is 0 Å². The second-order valence-corrected chi connectivity index (χ2v) is 3.95. The number of hydrogen-bond acceptors (Lipinski definition) is 2. The van der Waals surface area contributed by atoms with Gasteiger partial charge >= 0.3 is 5.97 Å². The van der Waals surface area contributed by atoms with Crippen LogP contribution in [-0.2, 0) is 9.53 Å². The van der Waals surface area contributed by atoms with E-state index >= 15 is 0 Å². The number of ether oxygens (including phenoxy) is 1. The van der Waals surface area contributed by atoms with E-state index in [9.17, 15) is 4.79 Å². The van der Waals surface area contributed by atoms with Crippen molar-refractivity contribution < 1.29 is 9.53 Å². The molecule has 0 amide bonds. The molecule has 15 heavy (non-hydrogen) atoms. The highest BCUT2D eigenvalue weighted by molar-refractivity contribution is 5.66. The summed E-state index contributed by atoms with van der Waals surface area (Å²) in [4.78, 5) is 10.9. The van der Waals surface area contributed by atoms with Crippen LogP contribution in [0.2, 0.25) is 0 Å². The summed E-state index contributed by atoms with van der Waals surface area (Å²) in [7, 11) is 0. The van der Waals surface area contributed by atoms with Crippen LogP contribution < -0.4 is 0 Å². The molecular weight excluding hydrogens is 188 g/mol. The summed E-state index contributed by atoms with van der Waals surface area (Å²) >= 11 is 0. The fourth-order valence-electron chi connectivity index (χ4n) is 1.61. The van der Waals surface area contributed by atoms with E-state index in [0.717, 1.165) is 19.3 Å². The molecule has 0 saturated heterocycles. The van der Waals surface area contributed by atoms with Crippen LogP contribution in [0.1, 0.15) is 59.8 Å². The molecule has 0 fully saturated rings. The summed E-state index contributed by atoms with van der Waals surface area (Å²) in [5.74, 6) is -0.180. The number of allylic oxidation sites excluding steroid dienone is 1. The molecule has 1 atom stereocenters. The second kappa shape index (κ2) is 8.51. The summed E-state index contributed by atoms with van der Waals surface area (Å²) in [5, 5.41) is 0. The quantitative estimate of drug-likeness (QED) is 0.364. The molecule has 88 valence electrons. The summed E-state index contributed by atoms with van der Waals surface area (Å²) < 4.78 is 5.30. The number of unbranched alkanes of at least 4 members (excludes halogenated alkanes) is 2. The van der Waals surface area contributed by atoms with E-state index in [4.69, 9.17) is 4.74 Å². The Hall–Kier alpha value is -0.790. The predicted molar refractivity (Wildman–Crippen MR) is 63.7 cm³/mol. The minimum absolute atomic E-state index is 0.00556. The first-order valence-electron chi connectivity index (χ1n) is 5.95. The highest BCUT2D eigenvalue weighted by Crippen LogP contribution is 2.15. The molecule has 0 aromatic heterocycles. The first kappa shape index (κ1) is 14.2. The van der Waals surface area contributed by atoms with Gasteiger partial charge in [0.05, 0.1) is 0 Å². The van der Waals surface area contributed by atoms with Crippen LogP contribution >= 0.6 is 0 Å². The normalized spacial score (nSPS) is 13.7. The van der Waals surface area contributed by atoms with Gasteiger partial charge in [0.25, 0.3) is 0 Å². The molecule has 0 aliphatic rings. The van der Waals surface area contributed by atoms with Crippen molar-refractivity contribution in [2.24, 2.45) is 0 Å². The van der Waals surface area contributed by atoms with Crippen LogP contribution in [0, 0.1) is 0 Å². The molecule has 2 nitrogen and oxygen atoms in total. The third-order valence-corrected chi connectivity index (χ3v) is 2.41. The SMILES string of the molecule is CC/C=C(\C)[C@@H](CCCCC)OC(C)=O.